The van der Waals surface area contributed by atoms with Crippen molar-refractivity contribution in [3.05, 3.63) is 41.5 Å². The molecule has 0 saturated heterocycles. The van der Waals surface area contributed by atoms with Crippen molar-refractivity contribution in [2.45, 2.75) is 19.6 Å². The van der Waals surface area contributed by atoms with Crippen molar-refractivity contribution in [2.24, 2.45) is 0 Å². The molecule has 0 aliphatic heterocycles. The van der Waals surface area contributed by atoms with Crippen molar-refractivity contribution < 1.29 is 17.9 Å². The molecule has 10 heteroatoms. The standard InChI is InChI=1S/C12H12F3N5O2/c1-3-22-7(2)8-11(17-5-4-16-8)20-12(21)19(6-18-20)10(15)9(13)14/h4-6,9-10H,2-3H2,1H3. The highest BCUT2D eigenvalue weighted by molar-refractivity contribution is 5.59. The van der Waals surface area contributed by atoms with Crippen LogP contribution in [0, 0.1) is 0 Å². The molecule has 2 heterocycles. The second kappa shape index (κ2) is 6.41. The van der Waals surface area contributed by atoms with Crippen molar-refractivity contribution in [1.82, 2.24) is 24.3 Å². The fourth-order valence-electron chi connectivity index (χ4n) is 1.68. The maximum atomic E-state index is 13.3. The van der Waals surface area contributed by atoms with Gasteiger partial charge in [-0.2, -0.15) is 9.78 Å². The summed E-state index contributed by atoms with van der Waals surface area (Å²) in [5, 5.41) is 3.59. The van der Waals surface area contributed by atoms with Crippen molar-refractivity contribution in [1.29, 1.82) is 0 Å². The van der Waals surface area contributed by atoms with Crippen LogP contribution in [0.25, 0.3) is 11.6 Å². The van der Waals surface area contributed by atoms with Gasteiger partial charge in [0.1, 0.15) is 17.8 Å². The van der Waals surface area contributed by atoms with Gasteiger partial charge in [-0.25, -0.2) is 32.5 Å². The van der Waals surface area contributed by atoms with E-state index in [-0.39, 0.29) is 21.8 Å². The summed E-state index contributed by atoms with van der Waals surface area (Å²) >= 11 is 0. The third kappa shape index (κ3) is 2.85. The Morgan fingerprint density at radius 3 is 2.68 bits per heavy atom. The molecule has 0 saturated carbocycles. The summed E-state index contributed by atoms with van der Waals surface area (Å²) in [6.07, 6.45) is -2.88. The van der Waals surface area contributed by atoms with Gasteiger partial charge in [0.25, 0.3) is 6.43 Å². The zero-order chi connectivity index (χ0) is 16.3. The lowest BCUT2D eigenvalue weighted by Crippen LogP contribution is -2.29. The smallest absolute Gasteiger partial charge is 0.354 e. The summed E-state index contributed by atoms with van der Waals surface area (Å²) < 4.78 is 44.1. The third-order valence-electron chi connectivity index (χ3n) is 2.63. The number of hydrogen-bond acceptors (Lipinski definition) is 5. The van der Waals surface area contributed by atoms with Crippen molar-refractivity contribution >= 4 is 5.76 Å². The Morgan fingerprint density at radius 1 is 1.36 bits per heavy atom. The maximum absolute atomic E-state index is 13.3. The fraction of sp³-hybridized carbons (Fsp3) is 0.333. The van der Waals surface area contributed by atoms with E-state index in [0.29, 0.717) is 17.6 Å². The predicted octanol–water partition coefficient (Wildman–Crippen LogP) is 1.56. The quantitative estimate of drug-likeness (QED) is 0.756. The van der Waals surface area contributed by atoms with Gasteiger partial charge in [0.15, 0.2) is 5.82 Å². The molecule has 0 aromatic carbocycles. The van der Waals surface area contributed by atoms with Crippen molar-refractivity contribution in [3.8, 4) is 5.82 Å². The first-order chi connectivity index (χ1) is 10.5. The minimum atomic E-state index is -3.35. The van der Waals surface area contributed by atoms with Gasteiger partial charge in [-0.3, -0.25) is 0 Å². The Hall–Kier alpha value is -2.65. The predicted molar refractivity (Wildman–Crippen MR) is 70.2 cm³/mol. The van der Waals surface area contributed by atoms with Gasteiger partial charge < -0.3 is 4.74 Å². The molecule has 7 nitrogen and oxygen atoms in total. The molecule has 0 radical (unpaired) electrons. The summed E-state index contributed by atoms with van der Waals surface area (Å²) in [5.41, 5.74) is -1.01. The van der Waals surface area contributed by atoms with Gasteiger partial charge in [-0.1, -0.05) is 6.58 Å². The van der Waals surface area contributed by atoms with Crippen molar-refractivity contribution in [2.75, 3.05) is 6.61 Å². The van der Waals surface area contributed by atoms with Crippen LogP contribution in [0.5, 0.6) is 0 Å². The molecular formula is C12H12F3N5O2. The van der Waals surface area contributed by atoms with E-state index < -0.39 is 18.4 Å². The molecule has 1 atom stereocenters. The lowest BCUT2D eigenvalue weighted by atomic mass is 10.3. The Morgan fingerprint density at radius 2 is 2.05 bits per heavy atom. The molecule has 0 spiro atoms. The molecule has 0 fully saturated rings. The number of aromatic nitrogens is 5. The van der Waals surface area contributed by atoms with E-state index in [1.807, 2.05) is 0 Å². The number of ether oxygens (including phenoxy) is 1. The van der Waals surface area contributed by atoms with Crippen LogP contribution < -0.4 is 5.69 Å². The van der Waals surface area contributed by atoms with E-state index in [1.165, 1.54) is 12.4 Å². The molecule has 2 aromatic rings. The van der Waals surface area contributed by atoms with Crippen LogP contribution in [-0.2, 0) is 4.74 Å². The van der Waals surface area contributed by atoms with Gasteiger partial charge in [-0.05, 0) is 6.92 Å². The number of hydrogen-bond donors (Lipinski definition) is 0. The van der Waals surface area contributed by atoms with Crippen LogP contribution in [0.3, 0.4) is 0 Å². The molecule has 0 bridgehead atoms. The third-order valence-corrected chi connectivity index (χ3v) is 2.63. The largest absolute Gasteiger partial charge is 0.492 e. The van der Waals surface area contributed by atoms with E-state index in [1.54, 1.807) is 6.92 Å². The molecule has 0 aliphatic carbocycles. The normalized spacial score (nSPS) is 12.4. The molecule has 0 aliphatic rings. The van der Waals surface area contributed by atoms with Crippen LogP contribution in [0.1, 0.15) is 18.9 Å². The molecule has 0 amide bonds. The number of rotatable bonds is 6. The fourth-order valence-corrected chi connectivity index (χ4v) is 1.68. The summed E-state index contributed by atoms with van der Waals surface area (Å²) in [6.45, 7) is 5.65. The average Bonchev–Trinajstić information content (AvgIpc) is 2.88. The van der Waals surface area contributed by atoms with Gasteiger partial charge in [0, 0.05) is 12.4 Å². The summed E-state index contributed by atoms with van der Waals surface area (Å²) in [4.78, 5) is 19.9. The molecule has 22 heavy (non-hydrogen) atoms. The zero-order valence-electron chi connectivity index (χ0n) is 11.5. The highest BCUT2D eigenvalue weighted by Gasteiger charge is 2.26. The SMILES string of the molecule is C=C(OCC)c1nccnc1-n1ncn(C(F)C(F)F)c1=O. The maximum Gasteiger partial charge on any atom is 0.354 e. The van der Waals surface area contributed by atoms with Crippen LogP contribution in [0.4, 0.5) is 13.2 Å². The van der Waals surface area contributed by atoms with Crippen LogP contribution >= 0.6 is 0 Å². The zero-order valence-corrected chi connectivity index (χ0v) is 11.5. The van der Waals surface area contributed by atoms with Gasteiger partial charge in [0.05, 0.1) is 6.61 Å². The first-order valence-corrected chi connectivity index (χ1v) is 6.19. The summed E-state index contributed by atoms with van der Waals surface area (Å²) in [6, 6.07) is 0. The van der Waals surface area contributed by atoms with E-state index in [0.717, 1.165) is 0 Å². The minimum Gasteiger partial charge on any atom is -0.492 e. The van der Waals surface area contributed by atoms with E-state index in [2.05, 4.69) is 21.6 Å². The first-order valence-electron chi connectivity index (χ1n) is 6.19. The first kappa shape index (κ1) is 15.7. The summed E-state index contributed by atoms with van der Waals surface area (Å²) in [5.74, 6) is 0.0314. The Balaban J connectivity index is 2.50. The van der Waals surface area contributed by atoms with Crippen LogP contribution in [0.15, 0.2) is 30.1 Å². The van der Waals surface area contributed by atoms with Gasteiger partial charge in [0.2, 0.25) is 6.30 Å². The van der Waals surface area contributed by atoms with E-state index in [4.69, 9.17) is 4.74 Å². The van der Waals surface area contributed by atoms with E-state index in [9.17, 15) is 18.0 Å². The lowest BCUT2D eigenvalue weighted by Gasteiger charge is -2.09. The lowest BCUT2D eigenvalue weighted by molar-refractivity contribution is 0.00581. The van der Waals surface area contributed by atoms with Crippen LogP contribution in [-0.4, -0.2) is 37.3 Å². The highest BCUT2D eigenvalue weighted by atomic mass is 19.3. The highest BCUT2D eigenvalue weighted by Crippen LogP contribution is 2.18. The number of halogens is 3. The Labute approximate surface area is 122 Å². The molecule has 2 rings (SSSR count). The number of nitrogens with zero attached hydrogens (tertiary/aromatic N) is 5. The molecular weight excluding hydrogens is 303 g/mol. The average molecular weight is 315 g/mol. The molecule has 118 valence electrons. The second-order valence-electron chi connectivity index (χ2n) is 4.02. The van der Waals surface area contributed by atoms with E-state index >= 15 is 0 Å². The topological polar surface area (TPSA) is 74.8 Å². The van der Waals surface area contributed by atoms with Crippen molar-refractivity contribution in [3.63, 3.8) is 0 Å². The van der Waals surface area contributed by atoms with Gasteiger partial charge in [-0.15, -0.1) is 0 Å². The molecule has 2 aromatic heterocycles. The number of alkyl halides is 3. The second-order valence-corrected chi connectivity index (χ2v) is 4.02. The molecule has 1 unspecified atom stereocenters. The Kier molecular flexibility index (Phi) is 4.59. The molecule has 0 N–H and O–H groups in total. The Bertz CT molecular complexity index is 728. The summed E-state index contributed by atoms with van der Waals surface area (Å²) in [7, 11) is 0. The minimum absolute atomic E-state index is 0.0915. The monoisotopic (exact) mass is 315 g/mol. The van der Waals surface area contributed by atoms with Crippen LogP contribution in [0.2, 0.25) is 0 Å². The van der Waals surface area contributed by atoms with Gasteiger partial charge >= 0.3 is 5.69 Å².